The second kappa shape index (κ2) is 3.73. The summed E-state index contributed by atoms with van der Waals surface area (Å²) in [7, 11) is 1.62. The van der Waals surface area contributed by atoms with Crippen molar-refractivity contribution in [2.45, 2.75) is 17.3 Å². The number of rotatable bonds is 2. The van der Waals surface area contributed by atoms with Crippen molar-refractivity contribution in [2.75, 3.05) is 33.4 Å². The Labute approximate surface area is 82.0 Å². The van der Waals surface area contributed by atoms with Gasteiger partial charge in [0.05, 0.1) is 13.2 Å². The standard InChI is InChI=1S/C8H17NO5/c1-9-2-7(13,4-10)6(12)8(14,3-9)5-11/h6,10-14H,2-5H2,1H3. The number of piperidine rings is 1. The molecule has 0 bridgehead atoms. The molecule has 0 aromatic carbocycles. The molecule has 0 amide bonds. The van der Waals surface area contributed by atoms with Crippen LogP contribution in [0.15, 0.2) is 0 Å². The summed E-state index contributed by atoms with van der Waals surface area (Å²) in [6, 6.07) is 0. The van der Waals surface area contributed by atoms with Crippen molar-refractivity contribution in [1.29, 1.82) is 0 Å². The molecule has 0 radical (unpaired) electrons. The molecule has 1 rings (SSSR count). The lowest BCUT2D eigenvalue weighted by Crippen LogP contribution is -2.71. The Hall–Kier alpha value is -0.240. The molecule has 5 N–H and O–H groups in total. The van der Waals surface area contributed by atoms with Crippen molar-refractivity contribution in [3.63, 3.8) is 0 Å². The van der Waals surface area contributed by atoms with E-state index in [-0.39, 0.29) is 13.1 Å². The van der Waals surface area contributed by atoms with Crippen molar-refractivity contribution in [3.05, 3.63) is 0 Å². The zero-order chi connectivity index (χ0) is 11.0. The Morgan fingerprint density at radius 1 is 1.14 bits per heavy atom. The number of hydrogen-bond acceptors (Lipinski definition) is 6. The van der Waals surface area contributed by atoms with Crippen molar-refractivity contribution < 1.29 is 25.5 Å². The Bertz CT molecular complexity index is 194. The molecule has 1 aliphatic rings. The maximum Gasteiger partial charge on any atom is 0.129 e. The van der Waals surface area contributed by atoms with Gasteiger partial charge in [-0.3, -0.25) is 0 Å². The van der Waals surface area contributed by atoms with Crippen LogP contribution in [0.25, 0.3) is 0 Å². The van der Waals surface area contributed by atoms with Crippen LogP contribution >= 0.6 is 0 Å². The van der Waals surface area contributed by atoms with Crippen LogP contribution < -0.4 is 0 Å². The Balaban J connectivity index is 2.92. The molecule has 0 saturated carbocycles. The highest BCUT2D eigenvalue weighted by Crippen LogP contribution is 2.28. The predicted octanol–water partition coefficient (Wildman–Crippen LogP) is -3.26. The van der Waals surface area contributed by atoms with Gasteiger partial charge >= 0.3 is 0 Å². The molecule has 1 heterocycles. The van der Waals surface area contributed by atoms with Crippen LogP contribution in [-0.2, 0) is 0 Å². The van der Waals surface area contributed by atoms with Crippen LogP contribution in [0, 0.1) is 0 Å². The van der Waals surface area contributed by atoms with Gasteiger partial charge in [-0.2, -0.15) is 0 Å². The number of aliphatic hydroxyl groups is 5. The number of nitrogens with zero attached hydrogens (tertiary/aromatic N) is 1. The number of likely N-dealkylation sites (N-methyl/N-ethyl adjacent to an activating group) is 1. The number of hydrogen-bond donors (Lipinski definition) is 5. The van der Waals surface area contributed by atoms with Gasteiger partial charge in [-0.25, -0.2) is 0 Å². The lowest BCUT2D eigenvalue weighted by atomic mass is 9.80. The molecular weight excluding hydrogens is 190 g/mol. The van der Waals surface area contributed by atoms with Gasteiger partial charge in [0, 0.05) is 13.1 Å². The topological polar surface area (TPSA) is 104 Å². The maximum atomic E-state index is 9.77. The smallest absolute Gasteiger partial charge is 0.129 e. The van der Waals surface area contributed by atoms with Crippen LogP contribution in [0.5, 0.6) is 0 Å². The summed E-state index contributed by atoms with van der Waals surface area (Å²) in [6.45, 7) is -1.23. The molecule has 0 spiro atoms. The van der Waals surface area contributed by atoms with E-state index in [4.69, 9.17) is 10.2 Å². The first-order valence-corrected chi connectivity index (χ1v) is 4.41. The summed E-state index contributed by atoms with van der Waals surface area (Å²) in [5.74, 6) is 0. The number of aliphatic hydroxyl groups excluding tert-OH is 3. The van der Waals surface area contributed by atoms with Crippen LogP contribution in [0.4, 0.5) is 0 Å². The van der Waals surface area contributed by atoms with E-state index in [0.717, 1.165) is 0 Å². The molecule has 2 atom stereocenters. The van der Waals surface area contributed by atoms with E-state index in [1.165, 1.54) is 0 Å². The molecule has 14 heavy (non-hydrogen) atoms. The fraction of sp³-hybridized carbons (Fsp3) is 1.00. The van der Waals surface area contributed by atoms with Crippen molar-refractivity contribution >= 4 is 0 Å². The van der Waals surface area contributed by atoms with Gasteiger partial charge in [0.25, 0.3) is 0 Å². The van der Waals surface area contributed by atoms with Gasteiger partial charge in [-0.1, -0.05) is 0 Å². The highest BCUT2D eigenvalue weighted by Gasteiger charge is 2.53. The molecule has 84 valence electrons. The van der Waals surface area contributed by atoms with E-state index < -0.39 is 30.5 Å². The number of likely N-dealkylation sites (tertiary alicyclic amines) is 1. The van der Waals surface area contributed by atoms with Gasteiger partial charge in [-0.15, -0.1) is 0 Å². The summed E-state index contributed by atoms with van der Waals surface area (Å²) in [4.78, 5) is 1.54. The highest BCUT2D eigenvalue weighted by atomic mass is 16.4. The Morgan fingerprint density at radius 2 is 1.50 bits per heavy atom. The molecule has 1 saturated heterocycles. The molecule has 1 aliphatic heterocycles. The van der Waals surface area contributed by atoms with Gasteiger partial charge in [0.15, 0.2) is 0 Å². The summed E-state index contributed by atoms with van der Waals surface area (Å²) >= 11 is 0. The van der Waals surface area contributed by atoms with E-state index >= 15 is 0 Å². The average molecular weight is 207 g/mol. The Kier molecular flexibility index (Phi) is 3.15. The quantitative estimate of drug-likeness (QED) is 0.325. The zero-order valence-corrected chi connectivity index (χ0v) is 8.09. The summed E-state index contributed by atoms with van der Waals surface area (Å²) in [6.07, 6.45) is -1.55. The first kappa shape index (κ1) is 11.8. The molecule has 0 aromatic heterocycles. The first-order valence-electron chi connectivity index (χ1n) is 4.41. The molecule has 6 heteroatoms. The third kappa shape index (κ3) is 1.77. The molecule has 0 aliphatic carbocycles. The van der Waals surface area contributed by atoms with E-state index in [0.29, 0.717) is 0 Å². The minimum atomic E-state index is -1.79. The van der Waals surface area contributed by atoms with Crippen LogP contribution in [0.1, 0.15) is 0 Å². The van der Waals surface area contributed by atoms with E-state index in [1.807, 2.05) is 0 Å². The SMILES string of the molecule is CN1CC(O)(CO)C(O)C(O)(CO)C1. The highest BCUT2D eigenvalue weighted by molar-refractivity contribution is 5.06. The lowest BCUT2D eigenvalue weighted by molar-refractivity contribution is -0.234. The minimum absolute atomic E-state index is 0.0486. The van der Waals surface area contributed by atoms with Gasteiger partial charge in [-0.05, 0) is 7.05 Å². The second-order valence-electron chi connectivity index (χ2n) is 4.10. The van der Waals surface area contributed by atoms with Gasteiger partial charge in [0.1, 0.15) is 17.3 Å². The number of β-amino-alcohol motifs (C(OH)–C–C–N with tert-alkyl or cyclic N) is 2. The van der Waals surface area contributed by atoms with E-state index in [9.17, 15) is 15.3 Å². The fourth-order valence-corrected chi connectivity index (χ4v) is 1.94. The normalized spacial score (nSPS) is 45.4. The first-order chi connectivity index (χ1) is 6.38. The van der Waals surface area contributed by atoms with Gasteiger partial charge < -0.3 is 30.4 Å². The third-order valence-corrected chi connectivity index (χ3v) is 2.65. The van der Waals surface area contributed by atoms with Crippen molar-refractivity contribution in [3.8, 4) is 0 Å². The predicted molar refractivity (Wildman–Crippen MR) is 47.6 cm³/mol. The van der Waals surface area contributed by atoms with E-state index in [2.05, 4.69) is 0 Å². The Morgan fingerprint density at radius 3 is 1.79 bits per heavy atom. The molecule has 6 nitrogen and oxygen atoms in total. The fourth-order valence-electron chi connectivity index (χ4n) is 1.94. The van der Waals surface area contributed by atoms with Gasteiger partial charge in [0.2, 0.25) is 0 Å². The summed E-state index contributed by atoms with van der Waals surface area (Å²) < 4.78 is 0. The minimum Gasteiger partial charge on any atom is -0.393 e. The van der Waals surface area contributed by atoms with E-state index in [1.54, 1.807) is 11.9 Å². The maximum absolute atomic E-state index is 9.77. The van der Waals surface area contributed by atoms with Crippen molar-refractivity contribution in [2.24, 2.45) is 0 Å². The van der Waals surface area contributed by atoms with Crippen molar-refractivity contribution in [1.82, 2.24) is 4.90 Å². The molecule has 0 aromatic rings. The molecular formula is C8H17NO5. The summed E-state index contributed by atoms with van der Waals surface area (Å²) in [5.41, 5.74) is -3.57. The summed E-state index contributed by atoms with van der Waals surface area (Å²) in [5, 5.41) is 47.0. The largest absolute Gasteiger partial charge is 0.393 e. The molecule has 1 fully saturated rings. The van der Waals surface area contributed by atoms with Crippen LogP contribution in [0.3, 0.4) is 0 Å². The third-order valence-electron chi connectivity index (χ3n) is 2.65. The van der Waals surface area contributed by atoms with Crippen LogP contribution in [-0.4, -0.2) is 81.1 Å². The monoisotopic (exact) mass is 207 g/mol. The second-order valence-corrected chi connectivity index (χ2v) is 4.10. The van der Waals surface area contributed by atoms with Crippen LogP contribution in [0.2, 0.25) is 0 Å². The lowest BCUT2D eigenvalue weighted by Gasteiger charge is -2.48. The average Bonchev–Trinajstić information content (AvgIpc) is 2.14. The molecule has 2 unspecified atom stereocenters. The zero-order valence-electron chi connectivity index (χ0n) is 8.09.